The molecule has 3 aromatic rings. The molecule has 5 nitrogen and oxygen atoms in total. The summed E-state index contributed by atoms with van der Waals surface area (Å²) in [6, 6.07) is 14.6. The van der Waals surface area contributed by atoms with E-state index in [2.05, 4.69) is 10.3 Å². The number of hydrogen-bond acceptors (Lipinski definition) is 3. The summed E-state index contributed by atoms with van der Waals surface area (Å²) in [5.74, 6) is 1.17. The lowest BCUT2D eigenvalue weighted by molar-refractivity contribution is -0.136. The van der Waals surface area contributed by atoms with E-state index in [1.165, 1.54) is 6.07 Å². The van der Waals surface area contributed by atoms with Gasteiger partial charge in [0.1, 0.15) is 5.82 Å². The van der Waals surface area contributed by atoms with Crippen molar-refractivity contribution in [2.75, 3.05) is 0 Å². The highest BCUT2D eigenvalue weighted by Gasteiger charge is 2.58. The Labute approximate surface area is 204 Å². The van der Waals surface area contributed by atoms with Crippen molar-refractivity contribution in [3.05, 3.63) is 78.0 Å². The molecule has 8 rings (SSSR count). The van der Waals surface area contributed by atoms with Gasteiger partial charge in [-0.2, -0.15) is 0 Å². The average molecular weight is 472 g/mol. The number of aliphatic hydroxyl groups excluding tert-OH is 1. The quantitative estimate of drug-likeness (QED) is 0.552. The van der Waals surface area contributed by atoms with E-state index in [9.17, 15) is 14.3 Å². The zero-order valence-corrected chi connectivity index (χ0v) is 19.6. The van der Waals surface area contributed by atoms with Crippen LogP contribution in [0.15, 0.2) is 61.1 Å². The second-order valence-corrected chi connectivity index (χ2v) is 11.4. The summed E-state index contributed by atoms with van der Waals surface area (Å²) in [7, 11) is 0. The predicted molar refractivity (Wildman–Crippen MR) is 130 cm³/mol. The van der Waals surface area contributed by atoms with Crippen molar-refractivity contribution >= 4 is 5.91 Å². The van der Waals surface area contributed by atoms with Gasteiger partial charge in [0, 0.05) is 22.7 Å². The van der Waals surface area contributed by atoms with Crippen LogP contribution in [0.2, 0.25) is 0 Å². The Morgan fingerprint density at radius 1 is 1.11 bits per heavy atom. The number of rotatable bonds is 5. The molecule has 4 unspecified atom stereocenters. The molecule has 0 radical (unpaired) electrons. The second-order valence-electron chi connectivity index (χ2n) is 11.4. The van der Waals surface area contributed by atoms with E-state index in [0.29, 0.717) is 35.3 Å². The van der Waals surface area contributed by atoms with Gasteiger partial charge in [-0.15, -0.1) is 0 Å². The van der Waals surface area contributed by atoms with Gasteiger partial charge in [0.15, 0.2) is 0 Å². The van der Waals surface area contributed by atoms with Crippen molar-refractivity contribution in [3.8, 4) is 11.3 Å². The maximum Gasteiger partial charge on any atom is 0.251 e. The third kappa shape index (κ3) is 3.22. The fourth-order valence-corrected chi connectivity index (χ4v) is 8.25. The molecule has 1 amide bonds. The molecule has 4 bridgehead atoms. The molecule has 180 valence electrons. The Bertz CT molecular complexity index is 1270. The molecule has 5 aliphatic rings. The number of nitrogens with one attached hydrogen (secondary N) is 1. The van der Waals surface area contributed by atoms with Crippen LogP contribution in [0, 0.1) is 29.0 Å². The Morgan fingerprint density at radius 2 is 1.89 bits per heavy atom. The molecule has 4 aliphatic carbocycles. The minimum atomic E-state index is -0.521. The van der Waals surface area contributed by atoms with Gasteiger partial charge in [-0.25, -0.2) is 9.37 Å². The molecular weight excluding hydrogens is 441 g/mol. The Morgan fingerprint density at radius 3 is 2.66 bits per heavy atom. The average Bonchev–Trinajstić information content (AvgIpc) is 3.44. The number of fused-ring (bicyclic) bond motifs is 3. The van der Waals surface area contributed by atoms with Gasteiger partial charge in [0.25, 0.3) is 5.91 Å². The molecular formula is C29H30FN3O2. The number of aromatic nitrogens is 2. The second kappa shape index (κ2) is 7.76. The molecule has 4 atom stereocenters. The van der Waals surface area contributed by atoms with Crippen LogP contribution in [-0.2, 0) is 0 Å². The number of halogens is 1. The largest absolute Gasteiger partial charge is 0.392 e. The molecule has 2 heterocycles. The molecule has 2 N–H and O–H groups in total. The molecule has 0 spiro atoms. The van der Waals surface area contributed by atoms with E-state index in [4.69, 9.17) is 0 Å². The lowest BCUT2D eigenvalue weighted by atomic mass is 9.46. The normalized spacial score (nSPS) is 32.8. The Balaban J connectivity index is 1.13. The molecule has 4 fully saturated rings. The van der Waals surface area contributed by atoms with Crippen LogP contribution in [0.4, 0.5) is 4.39 Å². The van der Waals surface area contributed by atoms with E-state index in [1.807, 2.05) is 41.0 Å². The summed E-state index contributed by atoms with van der Waals surface area (Å²) in [6.45, 7) is 0. The highest BCUT2D eigenvalue weighted by molar-refractivity contribution is 5.94. The monoisotopic (exact) mass is 471 g/mol. The van der Waals surface area contributed by atoms with E-state index in [-0.39, 0.29) is 29.2 Å². The summed E-state index contributed by atoms with van der Waals surface area (Å²) < 4.78 is 17.0. The first-order chi connectivity index (χ1) is 17.0. The molecule has 1 aromatic heterocycles. The van der Waals surface area contributed by atoms with E-state index >= 15 is 0 Å². The summed E-state index contributed by atoms with van der Waals surface area (Å²) in [5.41, 5.74) is 3.04. The Kier molecular flexibility index (Phi) is 4.72. The lowest BCUT2D eigenvalue weighted by Gasteiger charge is -2.61. The summed E-state index contributed by atoms with van der Waals surface area (Å²) in [4.78, 5) is 17.2. The van der Waals surface area contributed by atoms with Crippen LogP contribution in [0.3, 0.4) is 0 Å². The first-order valence-electron chi connectivity index (χ1n) is 12.9. The van der Waals surface area contributed by atoms with Crippen LogP contribution in [0.25, 0.3) is 11.3 Å². The van der Waals surface area contributed by atoms with Crippen LogP contribution >= 0.6 is 0 Å². The molecule has 2 aromatic carbocycles. The number of benzene rings is 2. The van der Waals surface area contributed by atoms with Crippen LogP contribution < -0.4 is 5.32 Å². The van der Waals surface area contributed by atoms with Gasteiger partial charge < -0.3 is 15.0 Å². The third-order valence-electron chi connectivity index (χ3n) is 9.47. The van der Waals surface area contributed by atoms with E-state index in [1.54, 1.807) is 18.6 Å². The maximum absolute atomic E-state index is 15.0. The third-order valence-corrected chi connectivity index (χ3v) is 9.47. The van der Waals surface area contributed by atoms with E-state index < -0.39 is 6.10 Å². The Hall–Kier alpha value is -2.99. The fraction of sp³-hybridized carbons (Fsp3) is 0.448. The summed E-state index contributed by atoms with van der Waals surface area (Å²) in [5, 5.41) is 15.1. The van der Waals surface area contributed by atoms with Crippen molar-refractivity contribution in [3.63, 3.8) is 0 Å². The number of imidazole rings is 1. The van der Waals surface area contributed by atoms with Crippen LogP contribution in [-0.4, -0.2) is 32.7 Å². The van der Waals surface area contributed by atoms with Gasteiger partial charge in [-0.1, -0.05) is 30.3 Å². The van der Waals surface area contributed by atoms with Gasteiger partial charge >= 0.3 is 0 Å². The predicted octanol–water partition coefficient (Wildman–Crippen LogP) is 4.97. The van der Waals surface area contributed by atoms with Gasteiger partial charge in [0.2, 0.25) is 0 Å². The number of aliphatic hydroxyl groups is 1. The topological polar surface area (TPSA) is 67.2 Å². The standard InChI is InChI=1S/C29H30FN3O2/c30-22-8-4-7-21-24-15-31-16-33(24)23(26(21)22)11-25(34)29-12-17-9-19(13-29)27(20(10-17)14-29)32-28(35)18-5-2-1-3-6-18/h1-8,15-17,19-20,23,25,27,34H,9-14H2,(H,32,35). The number of carbonyl (C=O) groups is 1. The van der Waals surface area contributed by atoms with Crippen LogP contribution in [0.5, 0.6) is 0 Å². The zero-order valence-electron chi connectivity index (χ0n) is 19.6. The number of hydrogen-bond donors (Lipinski definition) is 2. The fourth-order valence-electron chi connectivity index (χ4n) is 8.25. The number of nitrogens with zero attached hydrogens (tertiary/aromatic N) is 2. The maximum atomic E-state index is 15.0. The highest BCUT2D eigenvalue weighted by atomic mass is 19.1. The zero-order chi connectivity index (χ0) is 23.7. The van der Waals surface area contributed by atoms with Crippen molar-refractivity contribution < 1.29 is 14.3 Å². The lowest BCUT2D eigenvalue weighted by Crippen LogP contribution is -2.61. The van der Waals surface area contributed by atoms with Crippen LogP contribution in [0.1, 0.15) is 60.5 Å². The molecule has 35 heavy (non-hydrogen) atoms. The van der Waals surface area contributed by atoms with Gasteiger partial charge in [-0.3, -0.25) is 4.79 Å². The van der Waals surface area contributed by atoms with Gasteiger partial charge in [-0.05, 0) is 79.9 Å². The van der Waals surface area contributed by atoms with Crippen molar-refractivity contribution in [2.45, 2.75) is 56.7 Å². The molecule has 1 aliphatic heterocycles. The first-order valence-corrected chi connectivity index (χ1v) is 12.9. The minimum Gasteiger partial charge on any atom is -0.392 e. The van der Waals surface area contributed by atoms with Gasteiger partial charge in [0.05, 0.1) is 30.4 Å². The first kappa shape index (κ1) is 21.3. The SMILES string of the molecule is O=C(NC1C2CC3CC1CC(C(O)CC1c4c(F)cccc4-c4cncn41)(C3)C2)c1ccccc1. The molecule has 6 heteroatoms. The van der Waals surface area contributed by atoms with E-state index in [0.717, 1.165) is 43.4 Å². The van der Waals surface area contributed by atoms with Crippen molar-refractivity contribution in [1.29, 1.82) is 0 Å². The minimum absolute atomic E-state index is 0.00310. The number of carbonyl (C=O) groups excluding carboxylic acids is 1. The summed E-state index contributed by atoms with van der Waals surface area (Å²) in [6.07, 6.45) is 8.65. The van der Waals surface area contributed by atoms with Crippen molar-refractivity contribution in [2.24, 2.45) is 23.2 Å². The van der Waals surface area contributed by atoms with Crippen molar-refractivity contribution in [1.82, 2.24) is 14.9 Å². The number of amides is 1. The summed E-state index contributed by atoms with van der Waals surface area (Å²) >= 11 is 0. The highest BCUT2D eigenvalue weighted by Crippen LogP contribution is 2.62. The molecule has 0 saturated heterocycles. The smallest absolute Gasteiger partial charge is 0.251 e. The molecule has 4 saturated carbocycles.